The number of nitrogens with one attached hydrogen (secondary N) is 2. The molecule has 0 atom stereocenters. The number of hydrogen-bond acceptors (Lipinski definition) is 6. The van der Waals surface area contributed by atoms with Gasteiger partial charge >= 0.3 is 0 Å². The number of aryl methyl sites for hydroxylation is 1. The molecule has 0 radical (unpaired) electrons. The summed E-state index contributed by atoms with van der Waals surface area (Å²) in [5.41, 5.74) is 7.58. The lowest BCUT2D eigenvalue weighted by Gasteiger charge is -2.23. The number of furan rings is 1. The first-order chi connectivity index (χ1) is 15.7. The SMILES string of the molecule is CCC/N=C(/c1nc2c(-c3ccoc3)cncc2[nH]1)c1nc(C2CCNCC2)ccc1C. The molecule has 1 fully saturated rings. The minimum absolute atomic E-state index is 0.482. The Bertz CT molecular complexity index is 1230. The Hall–Kier alpha value is -3.32. The highest BCUT2D eigenvalue weighted by Gasteiger charge is 2.21. The monoisotopic (exact) mass is 428 g/mol. The van der Waals surface area contributed by atoms with Crippen molar-refractivity contribution in [3.63, 3.8) is 0 Å². The van der Waals surface area contributed by atoms with Gasteiger partial charge < -0.3 is 14.7 Å². The molecule has 7 heteroatoms. The number of aliphatic imine (C=N–C) groups is 1. The highest BCUT2D eigenvalue weighted by atomic mass is 16.3. The molecule has 5 rings (SSSR count). The lowest BCUT2D eigenvalue weighted by Crippen LogP contribution is -2.27. The molecule has 0 unspecified atom stereocenters. The third kappa shape index (κ3) is 3.96. The van der Waals surface area contributed by atoms with E-state index in [0.717, 1.165) is 89.5 Å². The number of pyridine rings is 2. The van der Waals surface area contributed by atoms with Crippen molar-refractivity contribution in [2.75, 3.05) is 19.6 Å². The molecule has 2 N–H and O–H groups in total. The Morgan fingerprint density at radius 1 is 1.16 bits per heavy atom. The predicted molar refractivity (Wildman–Crippen MR) is 126 cm³/mol. The van der Waals surface area contributed by atoms with Gasteiger partial charge in [-0.1, -0.05) is 13.0 Å². The molecule has 4 aromatic rings. The zero-order valence-electron chi connectivity index (χ0n) is 18.6. The molecule has 0 saturated carbocycles. The number of aromatic nitrogens is 4. The number of fused-ring (bicyclic) bond motifs is 1. The number of hydrogen-bond donors (Lipinski definition) is 2. The van der Waals surface area contributed by atoms with E-state index in [1.807, 2.05) is 12.3 Å². The lowest BCUT2D eigenvalue weighted by molar-refractivity contribution is 0.453. The quantitative estimate of drug-likeness (QED) is 0.437. The molecule has 0 aromatic carbocycles. The van der Waals surface area contributed by atoms with Gasteiger partial charge in [-0.2, -0.15) is 0 Å². The lowest BCUT2D eigenvalue weighted by atomic mass is 9.93. The van der Waals surface area contributed by atoms with Gasteiger partial charge in [0.2, 0.25) is 0 Å². The fraction of sp³-hybridized carbons (Fsp3) is 0.360. The van der Waals surface area contributed by atoms with Crippen LogP contribution in [0, 0.1) is 6.92 Å². The summed E-state index contributed by atoms with van der Waals surface area (Å²) in [4.78, 5) is 22.9. The third-order valence-corrected chi connectivity index (χ3v) is 6.04. The van der Waals surface area contributed by atoms with E-state index in [-0.39, 0.29) is 0 Å². The zero-order chi connectivity index (χ0) is 21.9. The van der Waals surface area contributed by atoms with Crippen molar-refractivity contribution < 1.29 is 4.42 Å². The molecule has 32 heavy (non-hydrogen) atoms. The molecule has 0 aliphatic carbocycles. The summed E-state index contributed by atoms with van der Waals surface area (Å²) in [6, 6.07) is 6.26. The molecule has 0 amide bonds. The van der Waals surface area contributed by atoms with Gasteiger partial charge in [-0.15, -0.1) is 0 Å². The highest BCUT2D eigenvalue weighted by Crippen LogP contribution is 2.28. The van der Waals surface area contributed by atoms with Crippen molar-refractivity contribution in [3.05, 3.63) is 65.9 Å². The maximum absolute atomic E-state index is 5.28. The van der Waals surface area contributed by atoms with Crippen LogP contribution >= 0.6 is 0 Å². The second-order valence-electron chi connectivity index (χ2n) is 8.34. The minimum Gasteiger partial charge on any atom is -0.472 e. The Balaban J connectivity index is 1.61. The molecule has 164 valence electrons. The largest absolute Gasteiger partial charge is 0.472 e. The summed E-state index contributed by atoms with van der Waals surface area (Å²) in [6.07, 6.45) is 10.2. The van der Waals surface area contributed by atoms with E-state index in [1.165, 1.54) is 0 Å². The van der Waals surface area contributed by atoms with E-state index in [9.17, 15) is 0 Å². The molecule has 1 aliphatic rings. The predicted octanol–water partition coefficient (Wildman–Crippen LogP) is 4.64. The molecule has 0 bridgehead atoms. The molecule has 7 nitrogen and oxygen atoms in total. The van der Waals surface area contributed by atoms with Crippen LogP contribution in [-0.2, 0) is 0 Å². The minimum atomic E-state index is 0.482. The normalized spacial score (nSPS) is 15.5. The van der Waals surface area contributed by atoms with Crippen molar-refractivity contribution in [1.29, 1.82) is 0 Å². The van der Waals surface area contributed by atoms with Crippen LogP contribution in [-0.4, -0.2) is 45.3 Å². The number of nitrogens with zero attached hydrogens (tertiary/aromatic N) is 4. The van der Waals surface area contributed by atoms with E-state index in [1.54, 1.807) is 18.7 Å². The second kappa shape index (κ2) is 9.04. The van der Waals surface area contributed by atoms with Crippen molar-refractivity contribution in [3.8, 4) is 11.1 Å². The maximum Gasteiger partial charge on any atom is 0.159 e. The molecule has 5 heterocycles. The standard InChI is InChI=1S/C25H28N6O/c1-3-9-28-24(22-16(2)4-5-20(29-22)17-6-10-26-11-7-17)25-30-21-14-27-13-19(23(21)31-25)18-8-12-32-15-18/h4-5,8,12-15,17,26H,3,6-7,9-11H2,1-2H3,(H,30,31)/b28-24+. The van der Waals surface area contributed by atoms with Gasteiger partial charge in [-0.25, -0.2) is 4.98 Å². The van der Waals surface area contributed by atoms with Crippen molar-refractivity contribution in [2.45, 2.75) is 39.0 Å². The summed E-state index contributed by atoms with van der Waals surface area (Å²) >= 11 is 0. The van der Waals surface area contributed by atoms with Crippen LogP contribution in [0.15, 0.2) is 52.5 Å². The van der Waals surface area contributed by atoms with Crippen molar-refractivity contribution in [1.82, 2.24) is 25.3 Å². The van der Waals surface area contributed by atoms with Crippen LogP contribution in [0.25, 0.3) is 22.2 Å². The number of imidazole rings is 1. The third-order valence-electron chi connectivity index (χ3n) is 6.04. The van der Waals surface area contributed by atoms with Gasteiger partial charge in [0.1, 0.15) is 11.2 Å². The van der Waals surface area contributed by atoms with Gasteiger partial charge in [0.05, 0.1) is 29.9 Å². The first kappa shape index (κ1) is 20.6. The summed E-state index contributed by atoms with van der Waals surface area (Å²) in [7, 11) is 0. The average Bonchev–Trinajstić information content (AvgIpc) is 3.51. The van der Waals surface area contributed by atoms with Gasteiger partial charge in [0.25, 0.3) is 0 Å². The summed E-state index contributed by atoms with van der Waals surface area (Å²) in [5.74, 6) is 1.21. The van der Waals surface area contributed by atoms with E-state index in [2.05, 4.69) is 41.3 Å². The van der Waals surface area contributed by atoms with Crippen LogP contribution in [0.5, 0.6) is 0 Å². The Morgan fingerprint density at radius 3 is 2.81 bits per heavy atom. The fourth-order valence-electron chi connectivity index (χ4n) is 4.29. The van der Waals surface area contributed by atoms with E-state index in [0.29, 0.717) is 5.92 Å². The maximum atomic E-state index is 5.28. The van der Waals surface area contributed by atoms with Crippen LogP contribution in [0.2, 0.25) is 0 Å². The molecule has 1 aliphatic heterocycles. The first-order valence-corrected chi connectivity index (χ1v) is 11.3. The van der Waals surface area contributed by atoms with Crippen molar-refractivity contribution >= 4 is 16.7 Å². The number of piperidine rings is 1. The van der Waals surface area contributed by atoms with Gasteiger partial charge in [-0.05, 0) is 57.0 Å². The van der Waals surface area contributed by atoms with E-state index in [4.69, 9.17) is 19.4 Å². The second-order valence-corrected chi connectivity index (χ2v) is 8.34. The van der Waals surface area contributed by atoms with Crippen LogP contribution in [0.1, 0.15) is 54.9 Å². The molecular formula is C25H28N6O. The summed E-state index contributed by atoms with van der Waals surface area (Å²) < 4.78 is 5.28. The molecule has 4 aromatic heterocycles. The average molecular weight is 429 g/mol. The Morgan fingerprint density at radius 2 is 2.03 bits per heavy atom. The Labute approximate surface area is 187 Å². The van der Waals surface area contributed by atoms with E-state index < -0.39 is 0 Å². The van der Waals surface area contributed by atoms with Crippen LogP contribution in [0.4, 0.5) is 0 Å². The molecule has 0 spiro atoms. The van der Waals surface area contributed by atoms with Gasteiger partial charge in [0.15, 0.2) is 5.82 Å². The summed E-state index contributed by atoms with van der Waals surface area (Å²) in [5, 5.41) is 3.44. The number of rotatable bonds is 6. The Kier molecular flexibility index (Phi) is 5.81. The van der Waals surface area contributed by atoms with Crippen LogP contribution < -0.4 is 5.32 Å². The molecular weight excluding hydrogens is 400 g/mol. The van der Waals surface area contributed by atoms with Gasteiger partial charge in [0, 0.05) is 35.5 Å². The smallest absolute Gasteiger partial charge is 0.159 e. The number of aromatic amines is 1. The zero-order valence-corrected chi connectivity index (χ0v) is 18.6. The highest BCUT2D eigenvalue weighted by molar-refractivity contribution is 6.12. The fourth-order valence-corrected chi connectivity index (χ4v) is 4.29. The van der Waals surface area contributed by atoms with Crippen LogP contribution in [0.3, 0.4) is 0 Å². The first-order valence-electron chi connectivity index (χ1n) is 11.3. The summed E-state index contributed by atoms with van der Waals surface area (Å²) in [6.45, 7) is 7.03. The number of H-pyrrole nitrogens is 1. The van der Waals surface area contributed by atoms with Crippen molar-refractivity contribution in [2.24, 2.45) is 4.99 Å². The molecule has 1 saturated heterocycles. The van der Waals surface area contributed by atoms with E-state index >= 15 is 0 Å². The van der Waals surface area contributed by atoms with Gasteiger partial charge in [-0.3, -0.25) is 15.0 Å². The topological polar surface area (TPSA) is 92.0 Å².